The number of nitrogens with zero attached hydrogens (tertiary/aromatic N) is 2. The van der Waals surface area contributed by atoms with Gasteiger partial charge in [0.05, 0.1) is 17.2 Å². The number of carbonyl (C=O) groups excluding carboxylic acids is 1. The van der Waals surface area contributed by atoms with Gasteiger partial charge in [-0.15, -0.1) is 0 Å². The molecule has 6 heteroatoms. The Morgan fingerprint density at radius 3 is 2.69 bits per heavy atom. The molecule has 0 spiro atoms. The summed E-state index contributed by atoms with van der Waals surface area (Å²) in [5.74, 6) is 0.0769. The fourth-order valence-corrected chi connectivity index (χ4v) is 3.28. The standard InChI is InChI=1S/C10H14N2O3S/c1-7(2)12-10(5-13)8-3-4-16(14,15)6-9(8)11-12/h5,7H,3-4,6H2,1-2H3. The molecule has 0 fully saturated rings. The van der Waals surface area contributed by atoms with E-state index in [1.807, 2.05) is 13.8 Å². The average molecular weight is 242 g/mol. The Bertz CT molecular complexity index is 529. The third-order valence-electron chi connectivity index (χ3n) is 2.75. The average Bonchev–Trinajstić information content (AvgIpc) is 2.53. The van der Waals surface area contributed by atoms with E-state index >= 15 is 0 Å². The molecule has 0 saturated heterocycles. The lowest BCUT2D eigenvalue weighted by Gasteiger charge is -2.10. The van der Waals surface area contributed by atoms with Crippen LogP contribution in [-0.4, -0.2) is 30.2 Å². The number of carbonyl (C=O) groups is 1. The zero-order valence-electron chi connectivity index (χ0n) is 9.30. The minimum absolute atomic E-state index is 0.0388. The predicted molar refractivity (Wildman–Crippen MR) is 59.2 cm³/mol. The molecule has 0 bridgehead atoms. The first-order valence-electron chi connectivity index (χ1n) is 5.20. The molecule has 0 aliphatic carbocycles. The summed E-state index contributed by atoms with van der Waals surface area (Å²) in [4.78, 5) is 11.0. The zero-order chi connectivity index (χ0) is 11.9. The topological polar surface area (TPSA) is 69.0 Å². The van der Waals surface area contributed by atoms with E-state index in [0.29, 0.717) is 17.8 Å². The molecule has 0 aromatic carbocycles. The summed E-state index contributed by atoms with van der Waals surface area (Å²) in [5.41, 5.74) is 1.88. The maximum atomic E-state index is 11.5. The van der Waals surface area contributed by atoms with Crippen LogP contribution in [0.3, 0.4) is 0 Å². The van der Waals surface area contributed by atoms with Gasteiger partial charge in [-0.1, -0.05) is 0 Å². The maximum Gasteiger partial charge on any atom is 0.168 e. The van der Waals surface area contributed by atoms with Crippen LogP contribution in [0.1, 0.15) is 41.6 Å². The zero-order valence-corrected chi connectivity index (χ0v) is 10.1. The van der Waals surface area contributed by atoms with Crippen LogP contribution in [-0.2, 0) is 22.0 Å². The molecule has 1 aromatic heterocycles. The molecule has 1 aliphatic rings. The van der Waals surface area contributed by atoms with Gasteiger partial charge >= 0.3 is 0 Å². The van der Waals surface area contributed by atoms with Crippen molar-refractivity contribution in [1.82, 2.24) is 9.78 Å². The summed E-state index contributed by atoms with van der Waals surface area (Å²) in [6.45, 7) is 3.83. The number of hydrogen-bond acceptors (Lipinski definition) is 4. The minimum atomic E-state index is -3.03. The van der Waals surface area contributed by atoms with Crippen LogP contribution in [0.5, 0.6) is 0 Å². The highest BCUT2D eigenvalue weighted by Gasteiger charge is 2.28. The molecule has 0 unspecified atom stereocenters. The minimum Gasteiger partial charge on any atom is -0.296 e. The van der Waals surface area contributed by atoms with Gasteiger partial charge in [-0.2, -0.15) is 5.10 Å². The van der Waals surface area contributed by atoms with E-state index < -0.39 is 9.84 Å². The lowest BCUT2D eigenvalue weighted by molar-refractivity contribution is 0.111. The van der Waals surface area contributed by atoms with E-state index in [0.717, 1.165) is 11.8 Å². The molecule has 1 aliphatic heterocycles. The molecule has 88 valence electrons. The molecule has 0 saturated carbocycles. The number of aldehydes is 1. The first kappa shape index (κ1) is 11.3. The quantitative estimate of drug-likeness (QED) is 0.717. The molecule has 16 heavy (non-hydrogen) atoms. The Kier molecular flexibility index (Phi) is 2.61. The third kappa shape index (κ3) is 1.77. The molecule has 2 rings (SSSR count). The molecule has 0 N–H and O–H groups in total. The van der Waals surface area contributed by atoms with Gasteiger partial charge in [-0.25, -0.2) is 8.42 Å². The molecule has 0 radical (unpaired) electrons. The van der Waals surface area contributed by atoms with Crippen molar-refractivity contribution < 1.29 is 13.2 Å². The molecule has 5 nitrogen and oxygen atoms in total. The van der Waals surface area contributed by atoms with Crippen LogP contribution < -0.4 is 0 Å². The number of aromatic nitrogens is 2. The van der Waals surface area contributed by atoms with Crippen LogP contribution in [0.4, 0.5) is 0 Å². The number of fused-ring (bicyclic) bond motifs is 1. The summed E-state index contributed by atoms with van der Waals surface area (Å²) >= 11 is 0. The molecule has 2 heterocycles. The van der Waals surface area contributed by atoms with Gasteiger partial charge in [-0.3, -0.25) is 9.48 Å². The summed E-state index contributed by atoms with van der Waals surface area (Å²) in [7, 11) is -3.03. The molecular weight excluding hydrogens is 228 g/mol. The van der Waals surface area contributed by atoms with Gasteiger partial charge in [0.25, 0.3) is 0 Å². The van der Waals surface area contributed by atoms with Gasteiger partial charge in [-0.05, 0) is 20.3 Å². The first-order chi connectivity index (χ1) is 7.44. The van der Waals surface area contributed by atoms with Crippen molar-refractivity contribution in [3.8, 4) is 0 Å². The summed E-state index contributed by atoms with van der Waals surface area (Å²) in [5, 5.41) is 4.22. The van der Waals surface area contributed by atoms with E-state index in [-0.39, 0.29) is 17.5 Å². The maximum absolute atomic E-state index is 11.5. The van der Waals surface area contributed by atoms with Crippen molar-refractivity contribution in [2.24, 2.45) is 0 Å². The van der Waals surface area contributed by atoms with Crippen LogP contribution in [0.25, 0.3) is 0 Å². The van der Waals surface area contributed by atoms with Gasteiger partial charge in [0.2, 0.25) is 0 Å². The van der Waals surface area contributed by atoms with Crippen LogP contribution in [0, 0.1) is 0 Å². The Hall–Kier alpha value is -1.17. The van der Waals surface area contributed by atoms with Crippen molar-refractivity contribution in [2.75, 3.05) is 5.75 Å². The van der Waals surface area contributed by atoms with Crippen LogP contribution in [0.2, 0.25) is 0 Å². The predicted octanol–water partition coefficient (Wildman–Crippen LogP) is 0.747. The second-order valence-electron chi connectivity index (χ2n) is 4.31. The molecular formula is C10H14N2O3S. The van der Waals surface area contributed by atoms with Gasteiger partial charge in [0.15, 0.2) is 16.1 Å². The summed E-state index contributed by atoms with van der Waals surface area (Å²) in [6, 6.07) is 0.0634. The third-order valence-corrected chi connectivity index (χ3v) is 4.29. The number of rotatable bonds is 2. The highest BCUT2D eigenvalue weighted by Crippen LogP contribution is 2.24. The van der Waals surface area contributed by atoms with Gasteiger partial charge in [0.1, 0.15) is 5.69 Å². The fraction of sp³-hybridized carbons (Fsp3) is 0.600. The van der Waals surface area contributed by atoms with Crippen molar-refractivity contribution in [1.29, 1.82) is 0 Å². The monoisotopic (exact) mass is 242 g/mol. The summed E-state index contributed by atoms with van der Waals surface area (Å²) in [6.07, 6.45) is 1.17. The van der Waals surface area contributed by atoms with Gasteiger partial charge < -0.3 is 0 Å². The highest BCUT2D eigenvalue weighted by atomic mass is 32.2. The second kappa shape index (κ2) is 3.69. The van der Waals surface area contributed by atoms with Crippen LogP contribution >= 0.6 is 0 Å². The number of sulfone groups is 1. The highest BCUT2D eigenvalue weighted by molar-refractivity contribution is 7.90. The van der Waals surface area contributed by atoms with Crippen LogP contribution in [0.15, 0.2) is 0 Å². The smallest absolute Gasteiger partial charge is 0.168 e. The number of hydrogen-bond donors (Lipinski definition) is 0. The van der Waals surface area contributed by atoms with E-state index in [9.17, 15) is 13.2 Å². The molecule has 0 amide bonds. The largest absolute Gasteiger partial charge is 0.296 e. The van der Waals surface area contributed by atoms with E-state index in [2.05, 4.69) is 5.10 Å². The SMILES string of the molecule is CC(C)n1nc2c(c1C=O)CCS(=O)(=O)C2. The Morgan fingerprint density at radius 2 is 2.12 bits per heavy atom. The summed E-state index contributed by atoms with van der Waals surface area (Å²) < 4.78 is 24.5. The van der Waals surface area contributed by atoms with Crippen molar-refractivity contribution in [3.63, 3.8) is 0 Å². The van der Waals surface area contributed by atoms with Gasteiger partial charge in [0, 0.05) is 11.6 Å². The Morgan fingerprint density at radius 1 is 1.44 bits per heavy atom. The molecule has 1 aromatic rings. The normalized spacial score (nSPS) is 18.4. The Balaban J connectivity index is 2.56. The van der Waals surface area contributed by atoms with E-state index in [1.165, 1.54) is 0 Å². The lowest BCUT2D eigenvalue weighted by Crippen LogP contribution is -2.18. The second-order valence-corrected chi connectivity index (χ2v) is 6.49. The van der Waals surface area contributed by atoms with E-state index in [4.69, 9.17) is 0 Å². The first-order valence-corrected chi connectivity index (χ1v) is 7.02. The Labute approximate surface area is 94.4 Å². The fourth-order valence-electron chi connectivity index (χ4n) is 1.98. The van der Waals surface area contributed by atoms with Crippen molar-refractivity contribution >= 4 is 16.1 Å². The van der Waals surface area contributed by atoms with E-state index in [1.54, 1.807) is 4.68 Å². The van der Waals surface area contributed by atoms with Crippen molar-refractivity contribution in [3.05, 3.63) is 17.0 Å². The lowest BCUT2D eigenvalue weighted by atomic mass is 10.1. The molecule has 0 atom stereocenters. The van der Waals surface area contributed by atoms with Crippen molar-refractivity contribution in [2.45, 2.75) is 32.1 Å².